The lowest BCUT2D eigenvalue weighted by Crippen LogP contribution is -2.35. The van der Waals surface area contributed by atoms with Crippen LogP contribution in [0.25, 0.3) is 10.8 Å². The van der Waals surface area contributed by atoms with Crippen molar-refractivity contribution in [3.63, 3.8) is 0 Å². The lowest BCUT2D eigenvalue weighted by atomic mass is 9.72. The zero-order valence-corrected chi connectivity index (χ0v) is 22.1. The van der Waals surface area contributed by atoms with Gasteiger partial charge in [0.15, 0.2) is 9.84 Å². The molecule has 0 bridgehead atoms. The van der Waals surface area contributed by atoms with Gasteiger partial charge in [-0.3, -0.25) is 4.98 Å². The molecule has 1 aliphatic carbocycles. The number of ether oxygens (including phenoxy) is 1. The summed E-state index contributed by atoms with van der Waals surface area (Å²) in [5.41, 5.74) is 1.04. The number of pyridine rings is 1. The van der Waals surface area contributed by atoms with E-state index in [2.05, 4.69) is 15.0 Å². The van der Waals surface area contributed by atoms with Gasteiger partial charge in [-0.15, -0.1) is 0 Å². The molecule has 1 saturated heterocycles. The number of nitrogens with zero attached hydrogens (tertiary/aromatic N) is 1. The van der Waals surface area contributed by atoms with Crippen LogP contribution in [0.1, 0.15) is 51.4 Å². The molecule has 4 rings (SSSR count). The Hall–Kier alpha value is -1.75. The van der Waals surface area contributed by atoms with Gasteiger partial charge in [-0.1, -0.05) is 19.3 Å². The van der Waals surface area contributed by atoms with E-state index >= 15 is 0 Å². The van der Waals surface area contributed by atoms with Crippen LogP contribution in [0.3, 0.4) is 0 Å². The summed E-state index contributed by atoms with van der Waals surface area (Å²) in [7, 11) is -5.17. The standard InChI is InChI=1S/C25H37N3O5S2/c1-33-14-12-25(10-3-2-4-11-25)19-27-23-7-8-24(21-9-13-26-17-22(21)23)35(31,32)28-16-20-6-5-15-34(29,30)18-20/h7-9,13,17,20,27-28H,2-6,10-12,14-16,18-19H2,1H3. The quantitative estimate of drug-likeness (QED) is 0.488. The molecule has 1 aliphatic heterocycles. The molecule has 1 aromatic heterocycles. The van der Waals surface area contributed by atoms with E-state index in [-0.39, 0.29) is 34.3 Å². The van der Waals surface area contributed by atoms with Gasteiger partial charge in [0.25, 0.3) is 0 Å². The van der Waals surface area contributed by atoms with E-state index < -0.39 is 19.9 Å². The van der Waals surface area contributed by atoms with Crippen LogP contribution < -0.4 is 10.0 Å². The fourth-order valence-corrected chi connectivity index (χ4v) is 8.65. The molecule has 2 aromatic rings. The molecule has 8 nitrogen and oxygen atoms in total. The summed E-state index contributed by atoms with van der Waals surface area (Å²) >= 11 is 0. The minimum Gasteiger partial charge on any atom is -0.385 e. The Morgan fingerprint density at radius 1 is 1.11 bits per heavy atom. The Balaban J connectivity index is 1.53. The molecule has 10 heteroatoms. The lowest BCUT2D eigenvalue weighted by Gasteiger charge is -2.38. The number of hydrogen-bond acceptors (Lipinski definition) is 7. The molecule has 2 fully saturated rings. The maximum atomic E-state index is 13.2. The highest BCUT2D eigenvalue weighted by Crippen LogP contribution is 2.40. The van der Waals surface area contributed by atoms with E-state index in [0.717, 1.165) is 43.5 Å². The Labute approximate surface area is 209 Å². The van der Waals surface area contributed by atoms with Crippen LogP contribution in [0, 0.1) is 11.3 Å². The number of benzene rings is 1. The molecule has 2 aliphatic rings. The first-order valence-electron chi connectivity index (χ1n) is 12.5. The zero-order valence-electron chi connectivity index (χ0n) is 20.5. The highest BCUT2D eigenvalue weighted by Gasteiger charge is 2.32. The molecule has 0 amide bonds. The van der Waals surface area contributed by atoms with Crippen molar-refractivity contribution in [1.82, 2.24) is 9.71 Å². The van der Waals surface area contributed by atoms with Crippen LogP contribution in [-0.4, -0.2) is 60.1 Å². The number of hydrogen-bond donors (Lipinski definition) is 2. The van der Waals surface area contributed by atoms with Gasteiger partial charge in [-0.05, 0) is 61.6 Å². The first kappa shape index (κ1) is 26.3. The predicted octanol–water partition coefficient (Wildman–Crippen LogP) is 3.74. The zero-order chi connectivity index (χ0) is 24.9. The van der Waals surface area contributed by atoms with E-state index in [4.69, 9.17) is 4.74 Å². The van der Waals surface area contributed by atoms with Gasteiger partial charge < -0.3 is 10.1 Å². The number of nitrogens with one attached hydrogen (secondary N) is 2. The van der Waals surface area contributed by atoms with Crippen molar-refractivity contribution in [1.29, 1.82) is 0 Å². The minimum atomic E-state index is -3.82. The van der Waals surface area contributed by atoms with Crippen LogP contribution in [0.5, 0.6) is 0 Å². The number of anilines is 1. The normalized spacial score (nSPS) is 22.1. The molecule has 0 radical (unpaired) electrons. The van der Waals surface area contributed by atoms with Crippen molar-refractivity contribution < 1.29 is 21.6 Å². The van der Waals surface area contributed by atoms with E-state index in [1.165, 1.54) is 19.3 Å². The van der Waals surface area contributed by atoms with Crippen molar-refractivity contribution in [2.45, 2.75) is 56.3 Å². The second-order valence-corrected chi connectivity index (χ2v) is 14.1. The van der Waals surface area contributed by atoms with Crippen molar-refractivity contribution in [2.24, 2.45) is 11.3 Å². The second kappa shape index (κ2) is 11.1. The third kappa shape index (κ3) is 6.53. The van der Waals surface area contributed by atoms with E-state index in [1.807, 2.05) is 6.07 Å². The van der Waals surface area contributed by atoms with Crippen LogP contribution in [-0.2, 0) is 24.6 Å². The second-order valence-electron chi connectivity index (χ2n) is 10.2. The molecule has 1 unspecified atom stereocenters. The van der Waals surface area contributed by atoms with Crippen LogP contribution in [0.15, 0.2) is 35.5 Å². The third-order valence-electron chi connectivity index (χ3n) is 7.59. The van der Waals surface area contributed by atoms with E-state index in [0.29, 0.717) is 18.2 Å². The minimum absolute atomic E-state index is 0.0356. The smallest absolute Gasteiger partial charge is 0.241 e. The van der Waals surface area contributed by atoms with Crippen LogP contribution in [0.2, 0.25) is 0 Å². The number of methoxy groups -OCH3 is 1. The van der Waals surface area contributed by atoms with Gasteiger partial charge in [-0.25, -0.2) is 21.6 Å². The third-order valence-corrected chi connectivity index (χ3v) is 11.0. The fraction of sp³-hybridized carbons (Fsp3) is 0.640. The maximum Gasteiger partial charge on any atom is 0.241 e. The number of sulfone groups is 1. The average Bonchev–Trinajstić information content (AvgIpc) is 2.85. The Bertz CT molecular complexity index is 1220. The van der Waals surface area contributed by atoms with Gasteiger partial charge >= 0.3 is 0 Å². The number of sulfonamides is 1. The summed E-state index contributed by atoms with van der Waals surface area (Å²) < 4.78 is 58.3. The molecule has 1 aromatic carbocycles. The van der Waals surface area contributed by atoms with Crippen molar-refractivity contribution in [3.8, 4) is 0 Å². The molecular formula is C25H37N3O5S2. The topological polar surface area (TPSA) is 114 Å². The molecule has 1 atom stereocenters. The van der Waals surface area contributed by atoms with Gasteiger partial charge in [0.2, 0.25) is 10.0 Å². The Kier molecular flexibility index (Phi) is 8.35. The molecular weight excluding hydrogens is 486 g/mol. The molecule has 2 N–H and O–H groups in total. The number of rotatable bonds is 10. The van der Waals surface area contributed by atoms with Gasteiger partial charge in [0.05, 0.1) is 16.4 Å². The summed E-state index contributed by atoms with van der Waals surface area (Å²) in [5.74, 6) is 0.0272. The van der Waals surface area contributed by atoms with E-state index in [9.17, 15) is 16.8 Å². The van der Waals surface area contributed by atoms with Gasteiger partial charge in [0, 0.05) is 55.7 Å². The van der Waals surface area contributed by atoms with Crippen molar-refractivity contribution in [3.05, 3.63) is 30.6 Å². The first-order chi connectivity index (χ1) is 16.7. The summed E-state index contributed by atoms with van der Waals surface area (Å²) in [6, 6.07) is 5.17. The number of aromatic nitrogens is 1. The Morgan fingerprint density at radius 3 is 2.66 bits per heavy atom. The monoisotopic (exact) mass is 523 g/mol. The highest BCUT2D eigenvalue weighted by atomic mass is 32.2. The van der Waals surface area contributed by atoms with Gasteiger partial charge in [-0.2, -0.15) is 0 Å². The fourth-order valence-electron chi connectivity index (χ4n) is 5.55. The lowest BCUT2D eigenvalue weighted by molar-refractivity contribution is 0.112. The highest BCUT2D eigenvalue weighted by molar-refractivity contribution is 7.91. The van der Waals surface area contributed by atoms with Crippen LogP contribution in [0.4, 0.5) is 5.69 Å². The molecule has 0 spiro atoms. The maximum absolute atomic E-state index is 13.2. The number of fused-ring (bicyclic) bond motifs is 1. The van der Waals surface area contributed by atoms with Crippen molar-refractivity contribution >= 4 is 36.3 Å². The van der Waals surface area contributed by atoms with Crippen molar-refractivity contribution in [2.75, 3.05) is 43.6 Å². The molecule has 1 saturated carbocycles. The summed E-state index contributed by atoms with van der Waals surface area (Å²) in [4.78, 5) is 4.44. The largest absolute Gasteiger partial charge is 0.385 e. The predicted molar refractivity (Wildman–Crippen MR) is 139 cm³/mol. The Morgan fingerprint density at radius 2 is 1.91 bits per heavy atom. The van der Waals surface area contributed by atoms with Gasteiger partial charge in [0.1, 0.15) is 0 Å². The summed E-state index contributed by atoms with van der Waals surface area (Å²) in [6.07, 6.45) is 11.6. The SMILES string of the molecule is COCCC1(CNc2ccc(S(=O)(=O)NCC3CCCS(=O)(=O)C3)c3ccncc23)CCCCC1. The summed E-state index contributed by atoms with van der Waals surface area (Å²) in [5, 5.41) is 4.96. The van der Waals surface area contributed by atoms with E-state index in [1.54, 1.807) is 31.6 Å². The first-order valence-corrected chi connectivity index (χ1v) is 15.8. The average molecular weight is 524 g/mol. The van der Waals surface area contributed by atoms with Crippen LogP contribution >= 0.6 is 0 Å². The molecule has 35 heavy (non-hydrogen) atoms. The molecule has 194 valence electrons. The molecule has 2 heterocycles. The summed E-state index contributed by atoms with van der Waals surface area (Å²) in [6.45, 7) is 1.66.